The molecular formula is C17H28N2O3. The lowest BCUT2D eigenvalue weighted by Crippen LogP contribution is -2.48. The van der Waals surface area contributed by atoms with Crippen molar-refractivity contribution in [3.8, 4) is 0 Å². The Balaban J connectivity index is 1.62. The normalized spacial score (nSPS) is 25.4. The first-order valence-electron chi connectivity index (χ1n) is 8.86. The first kappa shape index (κ1) is 15.8. The van der Waals surface area contributed by atoms with Gasteiger partial charge < -0.3 is 15.0 Å². The highest BCUT2D eigenvalue weighted by atomic mass is 16.5. The first-order valence-corrected chi connectivity index (χ1v) is 8.86. The van der Waals surface area contributed by atoms with Crippen LogP contribution in [0, 0.1) is 5.41 Å². The summed E-state index contributed by atoms with van der Waals surface area (Å²) >= 11 is 0. The molecule has 1 aliphatic heterocycles. The minimum atomic E-state index is -0.446. The number of nitrogens with zero attached hydrogens (tertiary/aromatic N) is 1. The molecule has 2 saturated carbocycles. The largest absolute Gasteiger partial charge is 0.378 e. The third kappa shape index (κ3) is 3.45. The fourth-order valence-corrected chi connectivity index (χ4v) is 4.16. The zero-order chi connectivity index (χ0) is 15.4. The van der Waals surface area contributed by atoms with Crippen molar-refractivity contribution in [1.29, 1.82) is 0 Å². The van der Waals surface area contributed by atoms with E-state index in [9.17, 15) is 9.59 Å². The molecule has 3 fully saturated rings. The van der Waals surface area contributed by atoms with E-state index in [1.807, 2.05) is 4.90 Å². The van der Waals surface area contributed by atoms with Crippen LogP contribution in [0.5, 0.6) is 0 Å². The number of amides is 2. The molecule has 0 aromatic carbocycles. The molecular weight excluding hydrogens is 280 g/mol. The van der Waals surface area contributed by atoms with Crippen LogP contribution in [-0.2, 0) is 14.3 Å². The lowest BCUT2D eigenvalue weighted by molar-refractivity contribution is -0.144. The molecule has 0 bridgehead atoms. The quantitative estimate of drug-likeness (QED) is 0.862. The van der Waals surface area contributed by atoms with Gasteiger partial charge in [-0.1, -0.05) is 25.7 Å². The van der Waals surface area contributed by atoms with Gasteiger partial charge in [-0.15, -0.1) is 0 Å². The summed E-state index contributed by atoms with van der Waals surface area (Å²) in [5.41, 5.74) is -0.446. The smallest absolute Gasteiger partial charge is 0.226 e. The molecule has 0 aromatic heterocycles. The molecule has 124 valence electrons. The van der Waals surface area contributed by atoms with Crippen LogP contribution in [0.15, 0.2) is 0 Å². The number of carbonyl (C=O) groups is 2. The molecule has 1 saturated heterocycles. The minimum Gasteiger partial charge on any atom is -0.378 e. The molecule has 0 aromatic rings. The van der Waals surface area contributed by atoms with Gasteiger partial charge >= 0.3 is 0 Å². The molecule has 0 radical (unpaired) electrons. The average Bonchev–Trinajstić information content (AvgIpc) is 3.20. The Labute approximate surface area is 132 Å². The summed E-state index contributed by atoms with van der Waals surface area (Å²) in [6, 6.07) is 0.337. The molecule has 3 aliphatic rings. The van der Waals surface area contributed by atoms with Crippen molar-refractivity contribution >= 4 is 11.8 Å². The Morgan fingerprint density at radius 1 is 1.05 bits per heavy atom. The van der Waals surface area contributed by atoms with Gasteiger partial charge in [-0.25, -0.2) is 0 Å². The van der Waals surface area contributed by atoms with Gasteiger partial charge in [0.1, 0.15) is 0 Å². The summed E-state index contributed by atoms with van der Waals surface area (Å²) in [6.07, 6.45) is 8.85. The highest BCUT2D eigenvalue weighted by Crippen LogP contribution is 2.42. The molecule has 1 heterocycles. The zero-order valence-corrected chi connectivity index (χ0v) is 13.4. The standard InChI is InChI=1S/C17H28N2O3/c20-15(19-9-11-22-12-10-19)13-17(7-3-4-8-17)16(21)18-14-5-1-2-6-14/h14H,1-13H2,(H,18,21). The summed E-state index contributed by atoms with van der Waals surface area (Å²) in [5, 5.41) is 3.24. The molecule has 5 heteroatoms. The average molecular weight is 308 g/mol. The molecule has 2 amide bonds. The second-order valence-corrected chi connectivity index (χ2v) is 7.11. The molecule has 1 N–H and O–H groups in total. The van der Waals surface area contributed by atoms with Crippen LogP contribution in [-0.4, -0.2) is 49.1 Å². The van der Waals surface area contributed by atoms with Crippen LogP contribution in [0.25, 0.3) is 0 Å². The number of ether oxygens (including phenoxy) is 1. The molecule has 0 atom stereocenters. The summed E-state index contributed by atoms with van der Waals surface area (Å²) in [6.45, 7) is 2.57. The monoisotopic (exact) mass is 308 g/mol. The van der Waals surface area contributed by atoms with Crippen molar-refractivity contribution in [3.63, 3.8) is 0 Å². The topological polar surface area (TPSA) is 58.6 Å². The summed E-state index contributed by atoms with van der Waals surface area (Å²) in [4.78, 5) is 27.3. The van der Waals surface area contributed by atoms with Crippen LogP contribution in [0.4, 0.5) is 0 Å². The van der Waals surface area contributed by atoms with Crippen LogP contribution in [0.2, 0.25) is 0 Å². The van der Waals surface area contributed by atoms with E-state index in [-0.39, 0.29) is 11.8 Å². The highest BCUT2D eigenvalue weighted by molar-refractivity contribution is 5.89. The van der Waals surface area contributed by atoms with E-state index in [0.717, 1.165) is 38.5 Å². The maximum absolute atomic E-state index is 12.8. The Bertz CT molecular complexity index is 406. The molecule has 3 rings (SSSR count). The summed E-state index contributed by atoms with van der Waals surface area (Å²) in [5.74, 6) is 0.269. The van der Waals surface area contributed by atoms with Crippen molar-refractivity contribution in [2.24, 2.45) is 5.41 Å². The van der Waals surface area contributed by atoms with Crippen molar-refractivity contribution in [1.82, 2.24) is 10.2 Å². The number of nitrogens with one attached hydrogen (secondary N) is 1. The van der Waals surface area contributed by atoms with E-state index in [4.69, 9.17) is 4.74 Å². The molecule has 0 unspecified atom stereocenters. The van der Waals surface area contributed by atoms with Crippen LogP contribution < -0.4 is 5.32 Å². The van der Waals surface area contributed by atoms with E-state index in [0.29, 0.717) is 38.8 Å². The van der Waals surface area contributed by atoms with Gasteiger partial charge in [0, 0.05) is 25.6 Å². The zero-order valence-electron chi connectivity index (χ0n) is 13.4. The van der Waals surface area contributed by atoms with Crippen molar-refractivity contribution < 1.29 is 14.3 Å². The Morgan fingerprint density at radius 2 is 1.68 bits per heavy atom. The van der Waals surface area contributed by atoms with Crippen LogP contribution in [0.1, 0.15) is 57.8 Å². The fraction of sp³-hybridized carbons (Fsp3) is 0.882. The van der Waals surface area contributed by atoms with Crippen LogP contribution in [0.3, 0.4) is 0 Å². The van der Waals surface area contributed by atoms with Gasteiger partial charge in [-0.3, -0.25) is 9.59 Å². The van der Waals surface area contributed by atoms with E-state index in [2.05, 4.69) is 5.32 Å². The lowest BCUT2D eigenvalue weighted by atomic mass is 9.80. The van der Waals surface area contributed by atoms with Crippen molar-refractivity contribution in [3.05, 3.63) is 0 Å². The van der Waals surface area contributed by atoms with Gasteiger partial charge in [0.15, 0.2) is 0 Å². The van der Waals surface area contributed by atoms with Gasteiger partial charge in [-0.05, 0) is 25.7 Å². The van der Waals surface area contributed by atoms with Crippen LogP contribution >= 0.6 is 0 Å². The Morgan fingerprint density at radius 3 is 2.32 bits per heavy atom. The molecule has 5 nitrogen and oxygen atoms in total. The van der Waals surface area contributed by atoms with Gasteiger partial charge in [0.25, 0.3) is 0 Å². The summed E-state index contributed by atoms with van der Waals surface area (Å²) < 4.78 is 5.31. The third-order valence-electron chi connectivity index (χ3n) is 5.59. The van der Waals surface area contributed by atoms with Gasteiger partial charge in [0.05, 0.1) is 18.6 Å². The van der Waals surface area contributed by atoms with E-state index < -0.39 is 5.41 Å². The van der Waals surface area contributed by atoms with E-state index >= 15 is 0 Å². The fourth-order valence-electron chi connectivity index (χ4n) is 4.16. The number of carbonyl (C=O) groups excluding carboxylic acids is 2. The van der Waals surface area contributed by atoms with Gasteiger partial charge in [-0.2, -0.15) is 0 Å². The third-order valence-corrected chi connectivity index (χ3v) is 5.59. The number of morpholine rings is 1. The number of hydrogen-bond acceptors (Lipinski definition) is 3. The molecule has 2 aliphatic carbocycles. The number of hydrogen-bond donors (Lipinski definition) is 1. The number of rotatable bonds is 4. The summed E-state index contributed by atoms with van der Waals surface area (Å²) in [7, 11) is 0. The van der Waals surface area contributed by atoms with E-state index in [1.54, 1.807) is 0 Å². The predicted octanol–water partition coefficient (Wildman–Crippen LogP) is 1.85. The Kier molecular flexibility index (Phi) is 5.01. The van der Waals surface area contributed by atoms with Crippen molar-refractivity contribution in [2.75, 3.05) is 26.3 Å². The molecule has 22 heavy (non-hydrogen) atoms. The predicted molar refractivity (Wildman–Crippen MR) is 83.3 cm³/mol. The minimum absolute atomic E-state index is 0.131. The molecule has 0 spiro atoms. The first-order chi connectivity index (χ1) is 10.7. The second kappa shape index (κ2) is 6.99. The van der Waals surface area contributed by atoms with E-state index in [1.165, 1.54) is 12.8 Å². The Hall–Kier alpha value is -1.10. The lowest BCUT2D eigenvalue weighted by Gasteiger charge is -2.33. The maximum Gasteiger partial charge on any atom is 0.226 e. The second-order valence-electron chi connectivity index (χ2n) is 7.11. The van der Waals surface area contributed by atoms with Gasteiger partial charge in [0.2, 0.25) is 11.8 Å². The highest BCUT2D eigenvalue weighted by Gasteiger charge is 2.44. The maximum atomic E-state index is 12.8. The SMILES string of the molecule is O=C(CC1(C(=O)NC2CCCC2)CCCC1)N1CCOCC1. The van der Waals surface area contributed by atoms with Crippen molar-refractivity contribution in [2.45, 2.75) is 63.8 Å².